The lowest BCUT2D eigenvalue weighted by molar-refractivity contribution is -0.112. The summed E-state index contributed by atoms with van der Waals surface area (Å²) in [6.07, 6.45) is 17.3. The minimum absolute atomic E-state index is 0.126. The van der Waals surface area contributed by atoms with E-state index in [0.717, 1.165) is 27.5 Å². The van der Waals surface area contributed by atoms with Crippen LogP contribution >= 0.6 is 0 Å². The van der Waals surface area contributed by atoms with Crippen molar-refractivity contribution >= 4 is 22.5 Å². The second-order valence-corrected chi connectivity index (χ2v) is 7.12. The first-order valence-corrected chi connectivity index (χ1v) is 9.39. The van der Waals surface area contributed by atoms with Gasteiger partial charge in [0.1, 0.15) is 5.82 Å². The van der Waals surface area contributed by atoms with Crippen molar-refractivity contribution in [2.75, 3.05) is 5.32 Å². The molecule has 3 aromatic rings. The van der Waals surface area contributed by atoms with Crippen LogP contribution in [-0.4, -0.2) is 26.7 Å². The number of nitrogens with one attached hydrogen (secondary N) is 2. The highest BCUT2D eigenvalue weighted by molar-refractivity contribution is 6.06. The maximum absolute atomic E-state index is 12.7. The summed E-state index contributed by atoms with van der Waals surface area (Å²) >= 11 is 0. The number of aromatic nitrogens is 3. The van der Waals surface area contributed by atoms with Gasteiger partial charge in [0.05, 0.1) is 17.8 Å². The Morgan fingerprint density at radius 1 is 1.14 bits per heavy atom. The Hall–Kier alpha value is -3.93. The molecule has 6 nitrogen and oxygen atoms in total. The molecule has 0 saturated heterocycles. The topological polar surface area (TPSA) is 71.8 Å². The number of dihydropyridines is 1. The van der Waals surface area contributed by atoms with Gasteiger partial charge >= 0.3 is 0 Å². The summed E-state index contributed by atoms with van der Waals surface area (Å²) in [5.74, 6) is 0.327. The number of aryl methyl sites for hydroxylation is 1. The maximum atomic E-state index is 12.7. The lowest BCUT2D eigenvalue weighted by Crippen LogP contribution is -2.30. The lowest BCUT2D eigenvalue weighted by Gasteiger charge is -2.22. The van der Waals surface area contributed by atoms with Gasteiger partial charge in [-0.25, -0.2) is 4.98 Å². The number of rotatable bonds is 3. The highest BCUT2D eigenvalue weighted by atomic mass is 16.1. The van der Waals surface area contributed by atoms with E-state index in [1.54, 1.807) is 17.1 Å². The average Bonchev–Trinajstić information content (AvgIpc) is 3.19. The minimum Gasteiger partial charge on any atom is -0.380 e. The number of amides is 1. The van der Waals surface area contributed by atoms with Gasteiger partial charge in [0.2, 0.25) is 0 Å². The van der Waals surface area contributed by atoms with Crippen LogP contribution in [0, 0.1) is 0 Å². The molecule has 1 aliphatic heterocycles. The van der Waals surface area contributed by atoms with E-state index in [2.05, 4.69) is 32.9 Å². The second kappa shape index (κ2) is 6.91. The molecule has 1 amide bonds. The Bertz CT molecular complexity index is 1250. The molecule has 0 radical (unpaired) electrons. The third-order valence-corrected chi connectivity index (χ3v) is 5.07. The third-order valence-electron chi connectivity index (χ3n) is 5.07. The van der Waals surface area contributed by atoms with Crippen molar-refractivity contribution in [1.82, 2.24) is 20.1 Å². The molecule has 1 aromatic carbocycles. The van der Waals surface area contributed by atoms with Crippen molar-refractivity contribution in [2.24, 2.45) is 7.05 Å². The third kappa shape index (κ3) is 3.36. The number of pyridine rings is 1. The summed E-state index contributed by atoms with van der Waals surface area (Å²) in [6, 6.07) is 8.17. The molecule has 6 heteroatoms. The SMILES string of the molecule is Cn1cc(-c2ccc3cnc(NC(=O)C4=CNC5C=CC=CC5=C4)cc3c2)cn1. The fraction of sp³-hybridized carbons (Fsp3) is 0.0870. The molecule has 142 valence electrons. The van der Waals surface area contributed by atoms with Gasteiger partial charge in [-0.3, -0.25) is 9.48 Å². The van der Waals surface area contributed by atoms with Crippen LogP contribution in [0.15, 0.2) is 90.6 Å². The molecule has 29 heavy (non-hydrogen) atoms. The molecule has 1 unspecified atom stereocenters. The van der Waals surface area contributed by atoms with Crippen LogP contribution in [0.3, 0.4) is 0 Å². The Balaban J connectivity index is 1.39. The standard InChI is InChI=1S/C23H19N5O/c1-28-14-20(13-26-28)15-6-7-17-11-25-22(10-18(17)8-15)27-23(29)19-9-16-4-2-3-5-21(16)24-12-19/h2-14,21,24H,1H3,(H,25,27,29). The smallest absolute Gasteiger partial charge is 0.258 e. The van der Waals surface area contributed by atoms with Crippen molar-refractivity contribution < 1.29 is 4.79 Å². The molecule has 2 aromatic heterocycles. The van der Waals surface area contributed by atoms with Crippen molar-refractivity contribution in [2.45, 2.75) is 6.04 Å². The maximum Gasteiger partial charge on any atom is 0.258 e. The molecule has 1 atom stereocenters. The van der Waals surface area contributed by atoms with Crippen LogP contribution in [0.1, 0.15) is 0 Å². The minimum atomic E-state index is -0.193. The molecule has 0 bridgehead atoms. The van der Waals surface area contributed by atoms with Crippen LogP contribution in [0.25, 0.3) is 21.9 Å². The molecule has 0 fully saturated rings. The van der Waals surface area contributed by atoms with E-state index in [0.29, 0.717) is 11.4 Å². The molecule has 0 saturated carbocycles. The number of carbonyl (C=O) groups excluding carboxylic acids is 1. The number of nitrogens with zero attached hydrogens (tertiary/aromatic N) is 3. The van der Waals surface area contributed by atoms with Gasteiger partial charge in [0.25, 0.3) is 5.91 Å². The fourth-order valence-electron chi connectivity index (χ4n) is 3.53. The first kappa shape index (κ1) is 17.2. The molecular formula is C23H19N5O. The zero-order chi connectivity index (χ0) is 19.8. The van der Waals surface area contributed by atoms with Crippen LogP contribution in [-0.2, 0) is 11.8 Å². The molecule has 1 aliphatic carbocycles. The van der Waals surface area contributed by atoms with Crippen LogP contribution in [0.5, 0.6) is 0 Å². The highest BCUT2D eigenvalue weighted by Gasteiger charge is 2.18. The van der Waals surface area contributed by atoms with E-state index in [-0.39, 0.29) is 11.9 Å². The summed E-state index contributed by atoms with van der Waals surface area (Å²) in [5.41, 5.74) is 3.75. The molecular weight excluding hydrogens is 362 g/mol. The van der Waals surface area contributed by atoms with Gasteiger partial charge in [-0.2, -0.15) is 5.10 Å². The van der Waals surface area contributed by atoms with E-state index in [1.165, 1.54) is 0 Å². The highest BCUT2D eigenvalue weighted by Crippen LogP contribution is 2.25. The van der Waals surface area contributed by atoms with Crippen molar-refractivity contribution in [3.05, 3.63) is 90.6 Å². The zero-order valence-electron chi connectivity index (χ0n) is 15.8. The van der Waals surface area contributed by atoms with E-state index in [4.69, 9.17) is 0 Å². The predicted molar refractivity (Wildman–Crippen MR) is 114 cm³/mol. The van der Waals surface area contributed by atoms with Crippen LogP contribution in [0.4, 0.5) is 5.82 Å². The number of fused-ring (bicyclic) bond motifs is 2. The summed E-state index contributed by atoms with van der Waals surface area (Å²) in [7, 11) is 1.90. The summed E-state index contributed by atoms with van der Waals surface area (Å²) < 4.78 is 1.78. The number of carbonyl (C=O) groups is 1. The monoisotopic (exact) mass is 381 g/mol. The average molecular weight is 381 g/mol. The van der Waals surface area contributed by atoms with Gasteiger partial charge in [-0.05, 0) is 34.7 Å². The molecule has 0 spiro atoms. The number of benzene rings is 1. The molecule has 2 N–H and O–H groups in total. The summed E-state index contributed by atoms with van der Waals surface area (Å²) in [6.45, 7) is 0. The quantitative estimate of drug-likeness (QED) is 0.729. The predicted octanol–water partition coefficient (Wildman–Crippen LogP) is 3.48. The largest absolute Gasteiger partial charge is 0.380 e. The van der Waals surface area contributed by atoms with Gasteiger partial charge in [-0.15, -0.1) is 0 Å². The number of anilines is 1. The van der Waals surface area contributed by atoms with Crippen molar-refractivity contribution in [3.8, 4) is 11.1 Å². The van der Waals surface area contributed by atoms with Gasteiger partial charge < -0.3 is 10.6 Å². The fourth-order valence-corrected chi connectivity index (χ4v) is 3.53. The van der Waals surface area contributed by atoms with Crippen LogP contribution < -0.4 is 10.6 Å². The van der Waals surface area contributed by atoms with E-state index in [9.17, 15) is 4.79 Å². The summed E-state index contributed by atoms with van der Waals surface area (Å²) in [4.78, 5) is 17.1. The number of hydrogen-bond donors (Lipinski definition) is 2. The van der Waals surface area contributed by atoms with E-state index >= 15 is 0 Å². The Labute approximate surface area is 168 Å². The Morgan fingerprint density at radius 3 is 2.93 bits per heavy atom. The van der Waals surface area contributed by atoms with Gasteiger partial charge in [0.15, 0.2) is 0 Å². The normalized spacial score (nSPS) is 17.3. The van der Waals surface area contributed by atoms with E-state index in [1.807, 2.05) is 61.9 Å². The van der Waals surface area contributed by atoms with Crippen LogP contribution in [0.2, 0.25) is 0 Å². The molecule has 3 heterocycles. The zero-order valence-corrected chi connectivity index (χ0v) is 15.8. The number of hydrogen-bond acceptors (Lipinski definition) is 4. The van der Waals surface area contributed by atoms with Crippen molar-refractivity contribution in [1.29, 1.82) is 0 Å². The molecule has 5 rings (SSSR count). The Kier molecular flexibility index (Phi) is 4.09. The first-order chi connectivity index (χ1) is 14.2. The summed E-state index contributed by atoms with van der Waals surface area (Å²) in [5, 5.41) is 12.4. The van der Waals surface area contributed by atoms with Gasteiger partial charge in [-0.1, -0.05) is 36.4 Å². The van der Waals surface area contributed by atoms with E-state index < -0.39 is 0 Å². The van der Waals surface area contributed by atoms with Gasteiger partial charge in [0, 0.05) is 36.6 Å². The number of allylic oxidation sites excluding steroid dienone is 2. The second-order valence-electron chi connectivity index (χ2n) is 7.12. The Morgan fingerprint density at radius 2 is 2.07 bits per heavy atom. The first-order valence-electron chi connectivity index (χ1n) is 9.39. The molecule has 2 aliphatic rings. The van der Waals surface area contributed by atoms with Crippen molar-refractivity contribution in [3.63, 3.8) is 0 Å². The lowest BCUT2D eigenvalue weighted by atomic mass is 9.97.